The Balaban J connectivity index is 1.42. The van der Waals surface area contributed by atoms with Crippen LogP contribution in [0.2, 0.25) is 0 Å². The summed E-state index contributed by atoms with van der Waals surface area (Å²) >= 11 is 2.02. The van der Waals surface area contributed by atoms with Crippen LogP contribution in [-0.2, 0) is 9.53 Å². The van der Waals surface area contributed by atoms with E-state index in [9.17, 15) is 9.59 Å². The summed E-state index contributed by atoms with van der Waals surface area (Å²) in [4.78, 5) is 28.5. The maximum atomic E-state index is 12.5. The Morgan fingerprint density at radius 2 is 1.91 bits per heavy atom. The minimum Gasteiger partial charge on any atom is -0.444 e. The summed E-state index contributed by atoms with van der Waals surface area (Å²) < 4.78 is 5.42. The van der Waals surface area contributed by atoms with E-state index >= 15 is 0 Å². The minimum absolute atomic E-state index is 0.226. The zero-order chi connectivity index (χ0) is 16.6. The number of carbonyl (C=O) groups excluding carboxylic acids is 2. The lowest BCUT2D eigenvalue weighted by molar-refractivity contribution is -0.133. The van der Waals surface area contributed by atoms with Gasteiger partial charge in [-0.15, -0.1) is 0 Å². The average Bonchev–Trinajstić information content (AvgIpc) is 3.08. The Morgan fingerprint density at radius 1 is 1.22 bits per heavy atom. The molecule has 0 aromatic rings. The van der Waals surface area contributed by atoms with Crippen LogP contribution in [0.1, 0.15) is 46.5 Å². The number of likely N-dealkylation sites (tertiary alicyclic amines) is 2. The van der Waals surface area contributed by atoms with Gasteiger partial charge in [-0.1, -0.05) is 0 Å². The highest BCUT2D eigenvalue weighted by Crippen LogP contribution is 2.38. The van der Waals surface area contributed by atoms with Gasteiger partial charge >= 0.3 is 6.09 Å². The SMILES string of the molecule is CC(C)(C)OC(=O)N1CCC(CC(=O)N2CC3CC2CS3)CC1. The Kier molecular flexibility index (Phi) is 4.81. The highest BCUT2D eigenvalue weighted by molar-refractivity contribution is 8.00. The van der Waals surface area contributed by atoms with Crippen molar-refractivity contribution in [2.45, 2.75) is 63.3 Å². The van der Waals surface area contributed by atoms with Crippen molar-refractivity contribution in [1.29, 1.82) is 0 Å². The largest absolute Gasteiger partial charge is 0.444 e. The van der Waals surface area contributed by atoms with Gasteiger partial charge in [0, 0.05) is 43.1 Å². The van der Waals surface area contributed by atoms with Crippen molar-refractivity contribution in [2.75, 3.05) is 25.4 Å². The van der Waals surface area contributed by atoms with Crippen LogP contribution in [-0.4, -0.2) is 64.1 Å². The highest BCUT2D eigenvalue weighted by Gasteiger charge is 2.41. The molecular formula is C17H28N2O3S. The summed E-state index contributed by atoms with van der Waals surface area (Å²) in [7, 11) is 0. The molecule has 2 atom stereocenters. The second-order valence-corrected chi connectivity index (χ2v) is 9.34. The summed E-state index contributed by atoms with van der Waals surface area (Å²) in [5.74, 6) is 1.86. The quantitative estimate of drug-likeness (QED) is 0.775. The molecule has 0 aromatic heterocycles. The van der Waals surface area contributed by atoms with Crippen LogP contribution in [0.5, 0.6) is 0 Å². The first-order valence-corrected chi connectivity index (χ1v) is 9.76. The van der Waals surface area contributed by atoms with E-state index < -0.39 is 5.60 Å². The molecule has 0 saturated carbocycles. The monoisotopic (exact) mass is 340 g/mol. The number of fused-ring (bicyclic) bond motifs is 2. The van der Waals surface area contributed by atoms with Gasteiger partial charge in [0.1, 0.15) is 5.60 Å². The van der Waals surface area contributed by atoms with Crippen molar-refractivity contribution in [2.24, 2.45) is 5.92 Å². The number of ether oxygens (including phenoxy) is 1. The van der Waals surface area contributed by atoms with Gasteiger partial charge in [-0.3, -0.25) is 4.79 Å². The van der Waals surface area contributed by atoms with Crippen LogP contribution < -0.4 is 0 Å². The van der Waals surface area contributed by atoms with E-state index in [1.54, 1.807) is 4.90 Å². The fourth-order valence-corrected chi connectivity index (χ4v) is 5.15. The highest BCUT2D eigenvalue weighted by atomic mass is 32.2. The van der Waals surface area contributed by atoms with Crippen LogP contribution >= 0.6 is 11.8 Å². The number of piperidine rings is 1. The first kappa shape index (κ1) is 16.9. The summed E-state index contributed by atoms with van der Waals surface area (Å²) in [6.07, 6.45) is 3.42. The van der Waals surface area contributed by atoms with E-state index in [1.165, 1.54) is 6.42 Å². The molecule has 3 aliphatic rings. The van der Waals surface area contributed by atoms with E-state index in [0.29, 0.717) is 42.6 Å². The predicted octanol–water partition coefficient (Wildman–Crippen LogP) is 2.74. The third kappa shape index (κ3) is 4.14. The smallest absolute Gasteiger partial charge is 0.410 e. The maximum absolute atomic E-state index is 12.5. The molecule has 5 nitrogen and oxygen atoms in total. The van der Waals surface area contributed by atoms with Gasteiger partial charge in [-0.25, -0.2) is 4.79 Å². The third-order valence-electron chi connectivity index (χ3n) is 4.95. The number of amides is 2. The van der Waals surface area contributed by atoms with Gasteiger partial charge < -0.3 is 14.5 Å². The summed E-state index contributed by atoms with van der Waals surface area (Å²) in [5.41, 5.74) is -0.447. The zero-order valence-corrected chi connectivity index (χ0v) is 15.2. The topological polar surface area (TPSA) is 49.9 Å². The Hall–Kier alpha value is -0.910. The lowest BCUT2D eigenvalue weighted by Gasteiger charge is -2.34. The molecule has 3 rings (SSSR count). The molecule has 130 valence electrons. The van der Waals surface area contributed by atoms with Crippen molar-refractivity contribution >= 4 is 23.8 Å². The molecule has 3 heterocycles. The van der Waals surface area contributed by atoms with Gasteiger partial charge in [-0.2, -0.15) is 11.8 Å². The standard InChI is InChI=1S/C17H28N2O3S/c1-17(2,3)22-16(21)18-6-4-12(5-7-18)8-15(20)19-10-14-9-13(19)11-23-14/h12-14H,4-11H2,1-3H3. The van der Waals surface area contributed by atoms with E-state index in [1.807, 2.05) is 32.5 Å². The molecule has 23 heavy (non-hydrogen) atoms. The summed E-state index contributed by atoms with van der Waals surface area (Å²) in [6, 6.07) is 0.486. The molecular weight excluding hydrogens is 312 g/mol. The Labute approximate surface area is 143 Å². The van der Waals surface area contributed by atoms with Crippen molar-refractivity contribution < 1.29 is 14.3 Å². The second kappa shape index (κ2) is 6.54. The Bertz CT molecular complexity index is 469. The van der Waals surface area contributed by atoms with Crippen LogP contribution in [0.3, 0.4) is 0 Å². The van der Waals surface area contributed by atoms with Gasteiger partial charge in [0.05, 0.1) is 0 Å². The molecule has 3 aliphatic heterocycles. The number of carbonyl (C=O) groups is 2. The van der Waals surface area contributed by atoms with E-state index in [2.05, 4.69) is 4.90 Å². The molecule has 6 heteroatoms. The number of hydrogen-bond acceptors (Lipinski definition) is 4. The fraction of sp³-hybridized carbons (Fsp3) is 0.882. The van der Waals surface area contributed by atoms with Gasteiger partial charge in [0.25, 0.3) is 0 Å². The third-order valence-corrected chi connectivity index (χ3v) is 6.34. The van der Waals surface area contributed by atoms with Crippen molar-refractivity contribution in [3.8, 4) is 0 Å². The van der Waals surface area contributed by atoms with E-state index in [-0.39, 0.29) is 6.09 Å². The molecule has 0 N–H and O–H groups in total. The molecule has 0 spiro atoms. The molecule has 3 fully saturated rings. The number of thioether (sulfide) groups is 1. The molecule has 2 bridgehead atoms. The van der Waals surface area contributed by atoms with Crippen LogP contribution in [0, 0.1) is 5.92 Å². The van der Waals surface area contributed by atoms with Gasteiger partial charge in [0.15, 0.2) is 0 Å². The number of nitrogens with zero attached hydrogens (tertiary/aromatic N) is 2. The molecule has 0 aromatic carbocycles. The zero-order valence-electron chi connectivity index (χ0n) is 14.4. The van der Waals surface area contributed by atoms with E-state index in [4.69, 9.17) is 4.74 Å². The lowest BCUT2D eigenvalue weighted by Crippen LogP contribution is -2.44. The average molecular weight is 340 g/mol. The molecule has 0 radical (unpaired) electrons. The molecule has 0 aliphatic carbocycles. The van der Waals surface area contributed by atoms with Gasteiger partial charge in [-0.05, 0) is 46.0 Å². The maximum Gasteiger partial charge on any atom is 0.410 e. The van der Waals surface area contributed by atoms with Crippen molar-refractivity contribution in [1.82, 2.24) is 9.80 Å². The Morgan fingerprint density at radius 3 is 2.43 bits per heavy atom. The lowest BCUT2D eigenvalue weighted by atomic mass is 9.93. The predicted molar refractivity (Wildman–Crippen MR) is 91.5 cm³/mol. The van der Waals surface area contributed by atoms with Crippen LogP contribution in [0.4, 0.5) is 4.79 Å². The first-order chi connectivity index (χ1) is 10.8. The summed E-state index contributed by atoms with van der Waals surface area (Å²) in [6.45, 7) is 8.02. The molecule has 2 unspecified atom stereocenters. The molecule has 3 saturated heterocycles. The van der Waals surface area contributed by atoms with Crippen LogP contribution in [0.15, 0.2) is 0 Å². The van der Waals surface area contributed by atoms with Gasteiger partial charge in [0.2, 0.25) is 5.91 Å². The first-order valence-electron chi connectivity index (χ1n) is 8.71. The summed E-state index contributed by atoms with van der Waals surface area (Å²) in [5, 5.41) is 0.679. The van der Waals surface area contributed by atoms with Crippen LogP contribution in [0.25, 0.3) is 0 Å². The van der Waals surface area contributed by atoms with E-state index in [0.717, 1.165) is 25.1 Å². The normalized spacial score (nSPS) is 28.3. The van der Waals surface area contributed by atoms with Crippen molar-refractivity contribution in [3.05, 3.63) is 0 Å². The number of rotatable bonds is 2. The van der Waals surface area contributed by atoms with Crippen molar-refractivity contribution in [3.63, 3.8) is 0 Å². The number of hydrogen-bond donors (Lipinski definition) is 0. The second-order valence-electron chi connectivity index (χ2n) is 8.01. The minimum atomic E-state index is -0.447. The fourth-order valence-electron chi connectivity index (χ4n) is 3.72. The molecule has 2 amide bonds.